The first-order valence-electron chi connectivity index (χ1n) is 5.87. The topological polar surface area (TPSA) is 64.3 Å². The Morgan fingerprint density at radius 3 is 2.73 bits per heavy atom. The van der Waals surface area contributed by atoms with Gasteiger partial charge in [-0.05, 0) is 18.8 Å². The Kier molecular flexibility index (Phi) is 6.36. The maximum atomic E-state index is 11.3. The molecule has 1 aliphatic rings. The van der Waals surface area contributed by atoms with E-state index in [0.717, 1.165) is 6.54 Å². The van der Waals surface area contributed by atoms with Crippen molar-refractivity contribution >= 4 is 5.91 Å². The van der Waals surface area contributed by atoms with Crippen LogP contribution < -0.4 is 11.1 Å². The summed E-state index contributed by atoms with van der Waals surface area (Å²) in [5, 5.41) is 2.91. The summed E-state index contributed by atoms with van der Waals surface area (Å²) < 4.78 is 5.05. The molecule has 0 aromatic carbocycles. The highest BCUT2D eigenvalue weighted by Gasteiger charge is 2.13. The number of nitrogens with one attached hydrogen (secondary N) is 1. The van der Waals surface area contributed by atoms with Crippen molar-refractivity contribution in [3.8, 4) is 0 Å². The summed E-state index contributed by atoms with van der Waals surface area (Å²) >= 11 is 0. The zero-order valence-electron chi connectivity index (χ0n) is 9.34. The predicted molar refractivity (Wildman–Crippen MR) is 59.5 cm³/mol. The molecule has 0 atom stereocenters. The van der Waals surface area contributed by atoms with Crippen LogP contribution >= 0.6 is 0 Å². The summed E-state index contributed by atoms with van der Waals surface area (Å²) in [5.74, 6) is 0.659. The Bertz CT molecular complexity index is 179. The fourth-order valence-corrected chi connectivity index (χ4v) is 1.95. The van der Waals surface area contributed by atoms with E-state index in [2.05, 4.69) is 5.32 Å². The number of ether oxygens (including phenoxy) is 1. The van der Waals surface area contributed by atoms with Gasteiger partial charge in [0, 0.05) is 13.1 Å². The van der Waals surface area contributed by atoms with E-state index in [1.165, 1.54) is 32.1 Å². The minimum atomic E-state index is -0.0194. The molecule has 0 radical (unpaired) electrons. The van der Waals surface area contributed by atoms with Crippen molar-refractivity contribution in [1.82, 2.24) is 5.32 Å². The molecule has 3 N–H and O–H groups in total. The molecule has 0 unspecified atom stereocenters. The van der Waals surface area contributed by atoms with Crippen LogP contribution in [0.2, 0.25) is 0 Å². The molecule has 0 aromatic heterocycles. The molecule has 1 rings (SSSR count). The Hall–Kier alpha value is -0.610. The van der Waals surface area contributed by atoms with Gasteiger partial charge in [-0.2, -0.15) is 0 Å². The molecule has 4 nitrogen and oxygen atoms in total. The van der Waals surface area contributed by atoms with Crippen molar-refractivity contribution in [3.63, 3.8) is 0 Å². The van der Waals surface area contributed by atoms with Gasteiger partial charge in [-0.25, -0.2) is 0 Å². The first-order chi connectivity index (χ1) is 7.33. The summed E-state index contributed by atoms with van der Waals surface area (Å²) in [6.45, 7) is 1.88. The number of amides is 1. The summed E-state index contributed by atoms with van der Waals surface area (Å²) in [6, 6.07) is 0. The van der Waals surface area contributed by atoms with E-state index in [4.69, 9.17) is 10.5 Å². The number of rotatable bonds is 6. The van der Waals surface area contributed by atoms with Crippen molar-refractivity contribution in [2.75, 3.05) is 26.3 Å². The Morgan fingerprint density at radius 2 is 2.07 bits per heavy atom. The average Bonchev–Trinajstić information content (AvgIpc) is 2.28. The van der Waals surface area contributed by atoms with Gasteiger partial charge in [0.25, 0.3) is 0 Å². The van der Waals surface area contributed by atoms with Crippen LogP contribution in [0.4, 0.5) is 0 Å². The number of carbonyl (C=O) groups is 1. The standard InChI is InChI=1S/C11H22N2O2/c12-6-7-15-9-11(14)13-8-10-4-2-1-3-5-10/h10H,1-9,12H2,(H,13,14). The molecular weight excluding hydrogens is 192 g/mol. The minimum Gasteiger partial charge on any atom is -0.370 e. The summed E-state index contributed by atoms with van der Waals surface area (Å²) in [4.78, 5) is 11.3. The van der Waals surface area contributed by atoms with Crippen LogP contribution in [0.3, 0.4) is 0 Å². The van der Waals surface area contributed by atoms with Crippen molar-refractivity contribution in [2.45, 2.75) is 32.1 Å². The lowest BCUT2D eigenvalue weighted by Crippen LogP contribution is -2.33. The van der Waals surface area contributed by atoms with Gasteiger partial charge < -0.3 is 15.8 Å². The highest BCUT2D eigenvalue weighted by Crippen LogP contribution is 2.22. The molecule has 0 aromatic rings. The quantitative estimate of drug-likeness (QED) is 0.638. The van der Waals surface area contributed by atoms with Gasteiger partial charge in [0.2, 0.25) is 5.91 Å². The van der Waals surface area contributed by atoms with E-state index in [0.29, 0.717) is 19.1 Å². The van der Waals surface area contributed by atoms with Gasteiger partial charge in [-0.15, -0.1) is 0 Å². The van der Waals surface area contributed by atoms with E-state index in [9.17, 15) is 4.79 Å². The van der Waals surface area contributed by atoms with Crippen LogP contribution in [0, 0.1) is 5.92 Å². The first kappa shape index (κ1) is 12.5. The van der Waals surface area contributed by atoms with E-state index >= 15 is 0 Å². The van der Waals surface area contributed by atoms with E-state index in [1.807, 2.05) is 0 Å². The molecule has 1 saturated carbocycles. The summed E-state index contributed by atoms with van der Waals surface area (Å²) in [7, 11) is 0. The molecule has 4 heteroatoms. The minimum absolute atomic E-state index is 0.0194. The Labute approximate surface area is 91.5 Å². The highest BCUT2D eigenvalue weighted by atomic mass is 16.5. The highest BCUT2D eigenvalue weighted by molar-refractivity contribution is 5.77. The third-order valence-electron chi connectivity index (χ3n) is 2.81. The maximum Gasteiger partial charge on any atom is 0.246 e. The molecule has 15 heavy (non-hydrogen) atoms. The molecule has 0 heterocycles. The lowest BCUT2D eigenvalue weighted by molar-refractivity contribution is -0.125. The normalized spacial score (nSPS) is 17.7. The van der Waals surface area contributed by atoms with Crippen molar-refractivity contribution in [3.05, 3.63) is 0 Å². The van der Waals surface area contributed by atoms with Gasteiger partial charge in [0.1, 0.15) is 6.61 Å². The number of carbonyl (C=O) groups excluding carboxylic acids is 1. The van der Waals surface area contributed by atoms with Crippen molar-refractivity contribution in [1.29, 1.82) is 0 Å². The largest absolute Gasteiger partial charge is 0.370 e. The number of nitrogens with two attached hydrogens (primary N) is 1. The second-order valence-corrected chi connectivity index (χ2v) is 4.15. The van der Waals surface area contributed by atoms with Gasteiger partial charge in [-0.3, -0.25) is 4.79 Å². The van der Waals surface area contributed by atoms with Crippen LogP contribution in [0.5, 0.6) is 0 Å². The lowest BCUT2D eigenvalue weighted by atomic mass is 9.89. The molecule has 1 amide bonds. The van der Waals surface area contributed by atoms with Gasteiger partial charge in [0.05, 0.1) is 6.61 Å². The molecule has 0 spiro atoms. The van der Waals surface area contributed by atoms with Crippen molar-refractivity contribution in [2.24, 2.45) is 11.7 Å². The fraction of sp³-hybridized carbons (Fsp3) is 0.909. The fourth-order valence-electron chi connectivity index (χ4n) is 1.95. The maximum absolute atomic E-state index is 11.3. The second-order valence-electron chi connectivity index (χ2n) is 4.15. The Balaban J connectivity index is 2.00. The van der Waals surface area contributed by atoms with Crippen LogP contribution in [0.1, 0.15) is 32.1 Å². The van der Waals surface area contributed by atoms with Gasteiger partial charge in [-0.1, -0.05) is 19.3 Å². The van der Waals surface area contributed by atoms with E-state index in [1.54, 1.807) is 0 Å². The molecular formula is C11H22N2O2. The number of hydrogen-bond donors (Lipinski definition) is 2. The molecule has 0 saturated heterocycles. The zero-order valence-corrected chi connectivity index (χ0v) is 9.34. The average molecular weight is 214 g/mol. The third-order valence-corrected chi connectivity index (χ3v) is 2.81. The number of hydrogen-bond acceptors (Lipinski definition) is 3. The Morgan fingerprint density at radius 1 is 1.33 bits per heavy atom. The second kappa shape index (κ2) is 7.65. The monoisotopic (exact) mass is 214 g/mol. The predicted octanol–water partition coefficient (Wildman–Crippen LogP) is 0.658. The summed E-state index contributed by atoms with van der Waals surface area (Å²) in [5.41, 5.74) is 5.25. The first-order valence-corrected chi connectivity index (χ1v) is 5.87. The molecule has 1 fully saturated rings. The third kappa shape index (κ3) is 5.74. The lowest BCUT2D eigenvalue weighted by Gasteiger charge is -2.21. The molecule has 88 valence electrons. The molecule has 0 aliphatic heterocycles. The molecule has 0 bridgehead atoms. The SMILES string of the molecule is NCCOCC(=O)NCC1CCCCC1. The van der Waals surface area contributed by atoms with Crippen LogP contribution in [-0.4, -0.2) is 32.2 Å². The van der Waals surface area contributed by atoms with Gasteiger partial charge in [0.15, 0.2) is 0 Å². The summed E-state index contributed by atoms with van der Waals surface area (Å²) in [6.07, 6.45) is 6.48. The van der Waals surface area contributed by atoms with Crippen LogP contribution in [0.25, 0.3) is 0 Å². The van der Waals surface area contributed by atoms with Crippen LogP contribution in [-0.2, 0) is 9.53 Å². The van der Waals surface area contributed by atoms with E-state index < -0.39 is 0 Å². The van der Waals surface area contributed by atoms with Gasteiger partial charge >= 0.3 is 0 Å². The zero-order chi connectivity index (χ0) is 10.9. The van der Waals surface area contributed by atoms with E-state index in [-0.39, 0.29) is 12.5 Å². The smallest absolute Gasteiger partial charge is 0.246 e. The van der Waals surface area contributed by atoms with Crippen molar-refractivity contribution < 1.29 is 9.53 Å². The molecule has 1 aliphatic carbocycles. The van der Waals surface area contributed by atoms with Crippen LogP contribution in [0.15, 0.2) is 0 Å².